The van der Waals surface area contributed by atoms with Gasteiger partial charge in [-0.2, -0.15) is 0 Å². The number of piperazine rings is 1. The number of ether oxygens (including phenoxy) is 2. The summed E-state index contributed by atoms with van der Waals surface area (Å²) in [4.78, 5) is 18.8. The lowest BCUT2D eigenvalue weighted by Gasteiger charge is -2.36. The molecule has 2 atom stereocenters. The molecule has 6 heteroatoms. The lowest BCUT2D eigenvalue weighted by atomic mass is 10.2. The standard InChI is InChI=1S/C22H35N3O3/c1-17(2)14-25-15-19(25)16-27-20-8-6-7-18(13-20)23-9-11-24(12-10-23)21(26)28-22(3,4)5/h6-8,13,17,19H,9-12,14-16H2,1-5H3. The summed E-state index contributed by atoms with van der Waals surface area (Å²) in [5, 5.41) is 0. The van der Waals surface area contributed by atoms with Gasteiger partial charge in [-0.05, 0) is 38.8 Å². The number of nitrogens with zero attached hydrogens (tertiary/aromatic N) is 3. The van der Waals surface area contributed by atoms with Crippen molar-refractivity contribution in [2.75, 3.05) is 50.8 Å². The quantitative estimate of drug-likeness (QED) is 0.697. The second-order valence-corrected chi connectivity index (χ2v) is 9.26. The van der Waals surface area contributed by atoms with Gasteiger partial charge in [0.15, 0.2) is 0 Å². The van der Waals surface area contributed by atoms with E-state index < -0.39 is 5.60 Å². The van der Waals surface area contributed by atoms with E-state index >= 15 is 0 Å². The van der Waals surface area contributed by atoms with E-state index in [2.05, 4.69) is 35.8 Å². The highest BCUT2D eigenvalue weighted by Crippen LogP contribution is 2.25. The van der Waals surface area contributed by atoms with Crippen molar-refractivity contribution in [3.63, 3.8) is 0 Å². The van der Waals surface area contributed by atoms with Gasteiger partial charge in [0.05, 0.1) is 6.04 Å². The number of carbonyl (C=O) groups is 1. The van der Waals surface area contributed by atoms with Crippen LogP contribution in [0.15, 0.2) is 24.3 Å². The number of hydrogen-bond donors (Lipinski definition) is 0. The Kier molecular flexibility index (Phi) is 6.38. The minimum atomic E-state index is -0.452. The predicted octanol–water partition coefficient (Wildman–Crippen LogP) is 3.46. The van der Waals surface area contributed by atoms with E-state index in [9.17, 15) is 4.79 Å². The summed E-state index contributed by atoms with van der Waals surface area (Å²) in [6, 6.07) is 8.85. The molecule has 2 fully saturated rings. The summed E-state index contributed by atoms with van der Waals surface area (Å²) in [6.45, 7) is 16.2. The van der Waals surface area contributed by atoms with Crippen LogP contribution in [0.3, 0.4) is 0 Å². The Bertz CT molecular complexity index is 663. The molecule has 2 aliphatic rings. The van der Waals surface area contributed by atoms with E-state index in [1.807, 2.05) is 32.9 Å². The fourth-order valence-corrected chi connectivity index (χ4v) is 3.51. The Morgan fingerprint density at radius 3 is 2.54 bits per heavy atom. The van der Waals surface area contributed by atoms with Crippen LogP contribution in [-0.2, 0) is 4.74 Å². The molecule has 0 saturated carbocycles. The average molecular weight is 390 g/mol. The number of carbonyl (C=O) groups excluding carboxylic acids is 1. The van der Waals surface area contributed by atoms with Crippen LogP contribution in [0.2, 0.25) is 0 Å². The Balaban J connectivity index is 1.47. The summed E-state index contributed by atoms with van der Waals surface area (Å²) in [6.07, 6.45) is -0.223. The minimum Gasteiger partial charge on any atom is -0.492 e. The first-order chi connectivity index (χ1) is 13.2. The topological polar surface area (TPSA) is 45.0 Å². The van der Waals surface area contributed by atoms with Gasteiger partial charge in [0, 0.05) is 51.0 Å². The SMILES string of the molecule is CC(C)CN1CC1COc1cccc(N2CCN(C(=O)OC(C)(C)C)CC2)c1. The number of anilines is 1. The smallest absolute Gasteiger partial charge is 0.410 e. The van der Waals surface area contributed by atoms with Crippen molar-refractivity contribution in [1.82, 2.24) is 9.80 Å². The van der Waals surface area contributed by atoms with Crippen molar-refractivity contribution in [1.29, 1.82) is 0 Å². The third-order valence-electron chi connectivity index (χ3n) is 4.98. The molecule has 0 aliphatic carbocycles. The highest BCUT2D eigenvalue weighted by Gasteiger charge is 2.34. The first-order valence-corrected chi connectivity index (χ1v) is 10.4. The maximum Gasteiger partial charge on any atom is 0.410 e. The third kappa shape index (κ3) is 6.03. The van der Waals surface area contributed by atoms with E-state index in [0.29, 0.717) is 25.0 Å². The van der Waals surface area contributed by atoms with Crippen molar-refractivity contribution in [3.05, 3.63) is 24.3 Å². The largest absolute Gasteiger partial charge is 0.492 e. The fourth-order valence-electron chi connectivity index (χ4n) is 3.51. The molecule has 0 N–H and O–H groups in total. The zero-order chi connectivity index (χ0) is 20.3. The van der Waals surface area contributed by atoms with Gasteiger partial charge in [-0.15, -0.1) is 0 Å². The van der Waals surface area contributed by atoms with E-state index in [1.165, 1.54) is 0 Å². The first-order valence-electron chi connectivity index (χ1n) is 10.4. The summed E-state index contributed by atoms with van der Waals surface area (Å²) in [5.41, 5.74) is 0.697. The second-order valence-electron chi connectivity index (χ2n) is 9.26. The van der Waals surface area contributed by atoms with Crippen molar-refractivity contribution in [3.8, 4) is 5.75 Å². The van der Waals surface area contributed by atoms with Crippen LogP contribution in [0.1, 0.15) is 34.6 Å². The van der Waals surface area contributed by atoms with Crippen LogP contribution in [0.25, 0.3) is 0 Å². The van der Waals surface area contributed by atoms with Crippen LogP contribution in [0.5, 0.6) is 5.75 Å². The van der Waals surface area contributed by atoms with Crippen LogP contribution < -0.4 is 9.64 Å². The molecule has 2 unspecified atom stereocenters. The Morgan fingerprint density at radius 1 is 1.18 bits per heavy atom. The van der Waals surface area contributed by atoms with Gasteiger partial charge in [-0.25, -0.2) is 4.79 Å². The van der Waals surface area contributed by atoms with E-state index in [1.54, 1.807) is 4.90 Å². The molecule has 2 saturated heterocycles. The molecule has 0 bridgehead atoms. The number of hydrogen-bond acceptors (Lipinski definition) is 5. The molecule has 0 radical (unpaired) electrons. The average Bonchev–Trinajstić information content (AvgIpc) is 3.36. The molecule has 1 aromatic carbocycles. The highest BCUT2D eigenvalue weighted by molar-refractivity contribution is 5.68. The van der Waals surface area contributed by atoms with Gasteiger partial charge in [0.2, 0.25) is 0 Å². The Hall–Kier alpha value is -1.95. The van der Waals surface area contributed by atoms with Gasteiger partial charge >= 0.3 is 6.09 Å². The van der Waals surface area contributed by atoms with Crippen molar-refractivity contribution < 1.29 is 14.3 Å². The minimum absolute atomic E-state index is 0.223. The number of amides is 1. The first kappa shape index (κ1) is 20.8. The molecule has 3 rings (SSSR count). The summed E-state index contributed by atoms with van der Waals surface area (Å²) < 4.78 is 11.5. The van der Waals surface area contributed by atoms with Crippen molar-refractivity contribution in [2.45, 2.75) is 46.3 Å². The fraction of sp³-hybridized carbons (Fsp3) is 0.682. The van der Waals surface area contributed by atoms with Crippen LogP contribution in [-0.4, -0.2) is 73.4 Å². The predicted molar refractivity (Wildman–Crippen MR) is 112 cm³/mol. The van der Waals surface area contributed by atoms with Gasteiger partial charge in [-0.1, -0.05) is 19.9 Å². The highest BCUT2D eigenvalue weighted by atomic mass is 16.6. The molecule has 0 aromatic heterocycles. The van der Waals surface area contributed by atoms with Crippen LogP contribution in [0, 0.1) is 5.92 Å². The normalized spacial score (nSPS) is 22.4. The van der Waals surface area contributed by atoms with Crippen LogP contribution in [0.4, 0.5) is 10.5 Å². The number of rotatable bonds is 6. The van der Waals surface area contributed by atoms with Crippen molar-refractivity contribution >= 4 is 11.8 Å². The molecule has 2 aliphatic heterocycles. The molecular formula is C22H35N3O3. The molecule has 2 heterocycles. The zero-order valence-electron chi connectivity index (χ0n) is 18.0. The summed E-state index contributed by atoms with van der Waals surface area (Å²) in [7, 11) is 0. The molecule has 0 spiro atoms. The van der Waals surface area contributed by atoms with E-state index in [0.717, 1.165) is 44.2 Å². The van der Waals surface area contributed by atoms with Gasteiger partial charge in [0.1, 0.15) is 18.0 Å². The van der Waals surface area contributed by atoms with E-state index in [4.69, 9.17) is 9.47 Å². The Labute approximate surface area is 169 Å². The molecule has 6 nitrogen and oxygen atoms in total. The molecule has 28 heavy (non-hydrogen) atoms. The molecular weight excluding hydrogens is 354 g/mol. The monoisotopic (exact) mass is 389 g/mol. The lowest BCUT2D eigenvalue weighted by molar-refractivity contribution is 0.0240. The number of benzene rings is 1. The molecule has 1 aromatic rings. The second kappa shape index (κ2) is 8.60. The van der Waals surface area contributed by atoms with Gasteiger partial charge in [-0.3, -0.25) is 4.90 Å². The van der Waals surface area contributed by atoms with Gasteiger partial charge in [0.25, 0.3) is 0 Å². The van der Waals surface area contributed by atoms with E-state index in [-0.39, 0.29) is 6.09 Å². The molecule has 156 valence electrons. The summed E-state index contributed by atoms with van der Waals surface area (Å²) in [5.74, 6) is 1.62. The summed E-state index contributed by atoms with van der Waals surface area (Å²) >= 11 is 0. The maximum atomic E-state index is 12.2. The third-order valence-corrected chi connectivity index (χ3v) is 4.98. The maximum absolute atomic E-state index is 12.2. The lowest BCUT2D eigenvalue weighted by Crippen LogP contribution is -2.50. The molecule has 1 amide bonds. The van der Waals surface area contributed by atoms with Gasteiger partial charge < -0.3 is 19.3 Å². The Morgan fingerprint density at radius 2 is 1.89 bits per heavy atom. The van der Waals surface area contributed by atoms with Crippen LogP contribution >= 0.6 is 0 Å². The zero-order valence-corrected chi connectivity index (χ0v) is 18.0. The van der Waals surface area contributed by atoms with Crippen molar-refractivity contribution in [2.24, 2.45) is 5.92 Å².